The van der Waals surface area contributed by atoms with Gasteiger partial charge >= 0.3 is 0 Å². The van der Waals surface area contributed by atoms with Crippen LogP contribution in [0.15, 0.2) is 59.5 Å². The molecule has 0 amide bonds. The first-order valence-corrected chi connectivity index (χ1v) is 10.8. The molecule has 0 bridgehead atoms. The molecule has 5 nitrogen and oxygen atoms in total. The second-order valence-corrected chi connectivity index (χ2v) is 9.35. The first kappa shape index (κ1) is 18.6. The molecular formula is C21H25NO4S. The van der Waals surface area contributed by atoms with E-state index >= 15 is 0 Å². The Morgan fingerprint density at radius 1 is 1.04 bits per heavy atom. The molecule has 27 heavy (non-hydrogen) atoms. The van der Waals surface area contributed by atoms with Gasteiger partial charge in [-0.3, -0.25) is 0 Å². The quantitative estimate of drug-likeness (QED) is 0.811. The van der Waals surface area contributed by atoms with Crippen LogP contribution in [-0.4, -0.2) is 44.6 Å². The van der Waals surface area contributed by atoms with Gasteiger partial charge in [0.15, 0.2) is 0 Å². The average molecular weight is 388 g/mol. The standard InChI is InChI=1S/C21H25NO4S/c1-17-7-9-19(10-8-17)27(23,24)22-12-14-26-21(16-22)11-13-25-20(15-21)18-5-3-2-4-6-18/h2-10,20H,11-16H2,1H3/t20-,21+/m1/s1. The molecule has 0 unspecified atom stereocenters. The van der Waals surface area contributed by atoms with E-state index in [1.54, 1.807) is 16.4 Å². The third kappa shape index (κ3) is 3.80. The molecule has 144 valence electrons. The van der Waals surface area contributed by atoms with Crippen LogP contribution in [0.4, 0.5) is 0 Å². The van der Waals surface area contributed by atoms with Crippen LogP contribution in [0, 0.1) is 6.92 Å². The van der Waals surface area contributed by atoms with Crippen LogP contribution in [0.25, 0.3) is 0 Å². The number of nitrogens with zero attached hydrogens (tertiary/aromatic N) is 1. The molecule has 0 aromatic heterocycles. The Hall–Kier alpha value is -1.73. The van der Waals surface area contributed by atoms with Crippen molar-refractivity contribution in [2.75, 3.05) is 26.3 Å². The molecule has 0 aliphatic carbocycles. The molecule has 0 N–H and O–H groups in total. The molecule has 2 aromatic carbocycles. The van der Waals surface area contributed by atoms with E-state index in [0.29, 0.717) is 44.0 Å². The van der Waals surface area contributed by atoms with Crippen molar-refractivity contribution in [2.45, 2.75) is 36.4 Å². The number of ether oxygens (including phenoxy) is 2. The van der Waals surface area contributed by atoms with Gasteiger partial charge < -0.3 is 9.47 Å². The maximum atomic E-state index is 13.1. The Kier molecular flexibility index (Phi) is 5.07. The fraction of sp³-hybridized carbons (Fsp3) is 0.429. The topological polar surface area (TPSA) is 55.8 Å². The molecule has 1 spiro atoms. The number of morpholine rings is 1. The van der Waals surface area contributed by atoms with Crippen molar-refractivity contribution in [3.63, 3.8) is 0 Å². The van der Waals surface area contributed by atoms with Gasteiger partial charge in [0, 0.05) is 25.9 Å². The monoisotopic (exact) mass is 387 g/mol. The van der Waals surface area contributed by atoms with Crippen LogP contribution in [-0.2, 0) is 19.5 Å². The summed E-state index contributed by atoms with van der Waals surface area (Å²) in [7, 11) is -3.52. The molecule has 2 heterocycles. The zero-order valence-corrected chi connectivity index (χ0v) is 16.3. The summed E-state index contributed by atoms with van der Waals surface area (Å²) in [5, 5.41) is 0. The minimum absolute atomic E-state index is 0.0676. The van der Waals surface area contributed by atoms with E-state index in [2.05, 4.69) is 0 Å². The summed E-state index contributed by atoms with van der Waals surface area (Å²) in [6.45, 7) is 3.68. The number of aryl methyl sites for hydroxylation is 1. The lowest BCUT2D eigenvalue weighted by Crippen LogP contribution is -2.56. The van der Waals surface area contributed by atoms with Crippen LogP contribution in [0.1, 0.15) is 30.1 Å². The fourth-order valence-corrected chi connectivity index (χ4v) is 5.42. The van der Waals surface area contributed by atoms with E-state index in [9.17, 15) is 8.42 Å². The molecule has 2 saturated heterocycles. The summed E-state index contributed by atoms with van der Waals surface area (Å²) in [5.41, 5.74) is 1.66. The van der Waals surface area contributed by atoms with Crippen LogP contribution in [0.5, 0.6) is 0 Å². The van der Waals surface area contributed by atoms with E-state index in [-0.39, 0.29) is 6.10 Å². The molecular weight excluding hydrogens is 362 g/mol. The van der Waals surface area contributed by atoms with E-state index in [0.717, 1.165) is 11.1 Å². The third-order valence-corrected chi connectivity index (χ3v) is 7.34. The highest BCUT2D eigenvalue weighted by molar-refractivity contribution is 7.89. The summed E-state index contributed by atoms with van der Waals surface area (Å²) >= 11 is 0. The van der Waals surface area contributed by atoms with Gasteiger partial charge in [0.2, 0.25) is 10.0 Å². The number of hydrogen-bond acceptors (Lipinski definition) is 4. The molecule has 2 fully saturated rings. The Bertz CT molecular complexity index is 878. The first-order valence-electron chi connectivity index (χ1n) is 9.36. The zero-order valence-electron chi connectivity index (χ0n) is 15.5. The Morgan fingerprint density at radius 2 is 1.78 bits per heavy atom. The minimum Gasteiger partial charge on any atom is -0.373 e. The summed E-state index contributed by atoms with van der Waals surface area (Å²) in [6.07, 6.45) is 1.30. The number of benzene rings is 2. The minimum atomic E-state index is -3.52. The normalized spacial score (nSPS) is 26.9. The third-order valence-electron chi connectivity index (χ3n) is 5.48. The number of rotatable bonds is 3. The summed E-state index contributed by atoms with van der Waals surface area (Å²) in [4.78, 5) is 0.344. The largest absolute Gasteiger partial charge is 0.373 e. The number of hydrogen-bond donors (Lipinski definition) is 0. The Morgan fingerprint density at radius 3 is 2.52 bits per heavy atom. The average Bonchev–Trinajstić information content (AvgIpc) is 2.69. The first-order chi connectivity index (χ1) is 13.0. The highest BCUT2D eigenvalue weighted by Gasteiger charge is 2.45. The van der Waals surface area contributed by atoms with Crippen LogP contribution < -0.4 is 0 Å². The molecule has 2 aromatic rings. The van der Waals surface area contributed by atoms with Gasteiger partial charge in [-0.1, -0.05) is 48.0 Å². The molecule has 2 aliphatic heterocycles. The molecule has 2 aliphatic rings. The highest BCUT2D eigenvalue weighted by Crippen LogP contribution is 2.39. The van der Waals surface area contributed by atoms with Crippen molar-refractivity contribution in [3.8, 4) is 0 Å². The Labute approximate surface area is 161 Å². The van der Waals surface area contributed by atoms with Crippen LogP contribution >= 0.6 is 0 Å². The lowest BCUT2D eigenvalue weighted by molar-refractivity contribution is -0.163. The maximum absolute atomic E-state index is 13.1. The molecule has 0 radical (unpaired) electrons. The van der Waals surface area contributed by atoms with E-state index in [1.165, 1.54) is 0 Å². The van der Waals surface area contributed by atoms with Gasteiger partial charge in [0.05, 0.1) is 29.8 Å². The molecule has 4 rings (SSSR count). The predicted octanol–water partition coefficient (Wildman–Crippen LogP) is 3.31. The van der Waals surface area contributed by atoms with Crippen molar-refractivity contribution in [2.24, 2.45) is 0 Å². The van der Waals surface area contributed by atoms with E-state index < -0.39 is 15.6 Å². The number of sulfonamides is 1. The van der Waals surface area contributed by atoms with Crippen LogP contribution in [0.2, 0.25) is 0 Å². The fourth-order valence-electron chi connectivity index (χ4n) is 3.92. The lowest BCUT2D eigenvalue weighted by atomic mass is 9.86. The molecule has 2 atom stereocenters. The summed E-state index contributed by atoms with van der Waals surface area (Å²) < 4.78 is 39.9. The maximum Gasteiger partial charge on any atom is 0.243 e. The van der Waals surface area contributed by atoms with Crippen LogP contribution in [0.3, 0.4) is 0 Å². The smallest absolute Gasteiger partial charge is 0.243 e. The second kappa shape index (κ2) is 7.36. The predicted molar refractivity (Wildman–Crippen MR) is 103 cm³/mol. The van der Waals surface area contributed by atoms with Crippen molar-refractivity contribution >= 4 is 10.0 Å². The zero-order chi connectivity index (χ0) is 18.9. The van der Waals surface area contributed by atoms with Gasteiger partial charge in [-0.15, -0.1) is 0 Å². The molecule has 0 saturated carbocycles. The molecule has 6 heteroatoms. The van der Waals surface area contributed by atoms with E-state index in [4.69, 9.17) is 9.47 Å². The highest BCUT2D eigenvalue weighted by atomic mass is 32.2. The SMILES string of the molecule is Cc1ccc(S(=O)(=O)N2CCO[C@]3(CCO[C@@H](c4ccccc4)C3)C2)cc1. The van der Waals surface area contributed by atoms with Gasteiger partial charge in [0.25, 0.3) is 0 Å². The Balaban J connectivity index is 1.56. The van der Waals surface area contributed by atoms with Gasteiger partial charge in [0.1, 0.15) is 0 Å². The van der Waals surface area contributed by atoms with Crippen molar-refractivity contribution in [1.82, 2.24) is 4.31 Å². The summed E-state index contributed by atoms with van der Waals surface area (Å²) in [5.74, 6) is 0. The van der Waals surface area contributed by atoms with Gasteiger partial charge in [-0.25, -0.2) is 8.42 Å². The summed E-state index contributed by atoms with van der Waals surface area (Å²) in [6, 6.07) is 17.1. The van der Waals surface area contributed by atoms with Gasteiger partial charge in [-0.2, -0.15) is 4.31 Å². The van der Waals surface area contributed by atoms with Crippen molar-refractivity contribution in [3.05, 3.63) is 65.7 Å². The van der Waals surface area contributed by atoms with Crippen molar-refractivity contribution in [1.29, 1.82) is 0 Å². The lowest BCUT2D eigenvalue weighted by Gasteiger charge is -2.46. The second-order valence-electron chi connectivity index (χ2n) is 7.41. The van der Waals surface area contributed by atoms with E-state index in [1.807, 2.05) is 49.4 Å². The van der Waals surface area contributed by atoms with Crippen molar-refractivity contribution < 1.29 is 17.9 Å². The van der Waals surface area contributed by atoms with Gasteiger partial charge in [-0.05, 0) is 24.6 Å².